The summed E-state index contributed by atoms with van der Waals surface area (Å²) in [5.74, 6) is -0.236. The lowest BCUT2D eigenvalue weighted by atomic mass is 9.87. The Balaban J connectivity index is 2.65. The first-order chi connectivity index (χ1) is 7.84. The van der Waals surface area contributed by atoms with Crippen molar-refractivity contribution in [1.29, 1.82) is 0 Å². The molecule has 0 fully saturated rings. The lowest BCUT2D eigenvalue weighted by Crippen LogP contribution is -2.46. The monoisotopic (exact) mass is 275 g/mol. The first kappa shape index (κ1) is 14.5. The Morgan fingerprint density at radius 3 is 2.59 bits per heavy atom. The van der Waals surface area contributed by atoms with Crippen molar-refractivity contribution in [2.45, 2.75) is 33.4 Å². The number of hydrogen-bond acceptors (Lipinski definition) is 4. The van der Waals surface area contributed by atoms with Crippen LogP contribution in [0, 0.1) is 5.41 Å². The molecule has 1 N–H and O–H groups in total. The molecular formula is C12H18ClNO2S. The minimum atomic E-state index is -0.326. The molecule has 0 aliphatic carbocycles. The van der Waals surface area contributed by atoms with Gasteiger partial charge in [0.2, 0.25) is 0 Å². The van der Waals surface area contributed by atoms with E-state index in [0.717, 1.165) is 9.21 Å². The Morgan fingerprint density at radius 1 is 1.53 bits per heavy atom. The maximum Gasteiger partial charge on any atom is 0.323 e. The largest absolute Gasteiger partial charge is 0.468 e. The van der Waals surface area contributed by atoms with E-state index >= 15 is 0 Å². The van der Waals surface area contributed by atoms with Crippen LogP contribution in [-0.2, 0) is 16.1 Å². The summed E-state index contributed by atoms with van der Waals surface area (Å²) in [7, 11) is 1.41. The molecule has 1 unspecified atom stereocenters. The van der Waals surface area contributed by atoms with Crippen LogP contribution >= 0.6 is 22.9 Å². The van der Waals surface area contributed by atoms with Crippen LogP contribution in [0.25, 0.3) is 0 Å². The van der Waals surface area contributed by atoms with E-state index in [1.165, 1.54) is 18.4 Å². The van der Waals surface area contributed by atoms with Crippen LogP contribution in [0.4, 0.5) is 0 Å². The predicted octanol–water partition coefficient (Wildman–Crippen LogP) is 3.08. The summed E-state index contributed by atoms with van der Waals surface area (Å²) in [4.78, 5) is 12.8. The second kappa shape index (κ2) is 5.85. The van der Waals surface area contributed by atoms with Gasteiger partial charge in [-0.3, -0.25) is 10.1 Å². The summed E-state index contributed by atoms with van der Waals surface area (Å²) in [6.07, 6.45) is 0. The van der Waals surface area contributed by atoms with Gasteiger partial charge in [-0.15, -0.1) is 11.3 Å². The number of thiophene rings is 1. The lowest BCUT2D eigenvalue weighted by Gasteiger charge is -2.29. The molecule has 5 heteroatoms. The summed E-state index contributed by atoms with van der Waals surface area (Å²) in [6, 6.07) is 3.48. The van der Waals surface area contributed by atoms with Crippen LogP contribution in [0.3, 0.4) is 0 Å². The topological polar surface area (TPSA) is 38.3 Å². The fraction of sp³-hybridized carbons (Fsp3) is 0.583. The Morgan fingerprint density at radius 2 is 2.18 bits per heavy atom. The van der Waals surface area contributed by atoms with Crippen LogP contribution in [0.15, 0.2) is 12.1 Å². The zero-order valence-electron chi connectivity index (χ0n) is 10.5. The van der Waals surface area contributed by atoms with Crippen LogP contribution in [-0.4, -0.2) is 19.1 Å². The molecule has 0 aromatic carbocycles. The first-order valence-corrected chi connectivity index (χ1v) is 6.59. The summed E-state index contributed by atoms with van der Waals surface area (Å²) in [5, 5.41) is 3.22. The lowest BCUT2D eigenvalue weighted by molar-refractivity contribution is -0.146. The minimum Gasteiger partial charge on any atom is -0.468 e. The van der Waals surface area contributed by atoms with Gasteiger partial charge in [0, 0.05) is 11.4 Å². The number of ether oxygens (including phenoxy) is 1. The van der Waals surface area contributed by atoms with Crippen LogP contribution in [0.5, 0.6) is 0 Å². The molecule has 0 bridgehead atoms. The highest BCUT2D eigenvalue weighted by Gasteiger charge is 2.31. The van der Waals surface area contributed by atoms with Gasteiger partial charge < -0.3 is 4.74 Å². The molecule has 0 saturated heterocycles. The van der Waals surface area contributed by atoms with Crippen molar-refractivity contribution in [2.24, 2.45) is 5.41 Å². The zero-order valence-corrected chi connectivity index (χ0v) is 12.1. The fourth-order valence-electron chi connectivity index (χ4n) is 1.51. The third-order valence-corrected chi connectivity index (χ3v) is 3.64. The smallest absolute Gasteiger partial charge is 0.323 e. The maximum absolute atomic E-state index is 11.7. The van der Waals surface area contributed by atoms with Gasteiger partial charge in [0.25, 0.3) is 0 Å². The summed E-state index contributed by atoms with van der Waals surface area (Å²) < 4.78 is 5.57. The summed E-state index contributed by atoms with van der Waals surface area (Å²) in [5.41, 5.74) is -0.186. The third kappa shape index (κ3) is 4.30. The Hall–Kier alpha value is -0.580. The van der Waals surface area contributed by atoms with E-state index in [9.17, 15) is 4.79 Å². The second-order valence-corrected chi connectivity index (χ2v) is 6.71. The molecule has 0 aliphatic rings. The van der Waals surface area contributed by atoms with E-state index in [1.54, 1.807) is 0 Å². The van der Waals surface area contributed by atoms with Gasteiger partial charge in [-0.05, 0) is 17.5 Å². The van der Waals surface area contributed by atoms with Crippen molar-refractivity contribution in [3.05, 3.63) is 21.3 Å². The third-order valence-electron chi connectivity index (χ3n) is 2.41. The molecule has 96 valence electrons. The Labute approximate surface area is 111 Å². The molecule has 17 heavy (non-hydrogen) atoms. The molecule has 0 amide bonds. The number of halogens is 1. The van der Waals surface area contributed by atoms with E-state index in [4.69, 9.17) is 16.3 Å². The second-order valence-electron chi connectivity index (χ2n) is 4.91. The molecule has 1 heterocycles. The van der Waals surface area contributed by atoms with Crippen molar-refractivity contribution in [3.63, 3.8) is 0 Å². The number of esters is 1. The minimum absolute atomic E-state index is 0.186. The van der Waals surface area contributed by atoms with Gasteiger partial charge in [-0.25, -0.2) is 0 Å². The molecule has 1 rings (SSSR count). The van der Waals surface area contributed by atoms with Crippen molar-refractivity contribution >= 4 is 28.9 Å². The van der Waals surface area contributed by atoms with Gasteiger partial charge in [-0.1, -0.05) is 32.4 Å². The molecule has 3 nitrogen and oxygen atoms in total. The van der Waals surface area contributed by atoms with Gasteiger partial charge in [0.15, 0.2) is 0 Å². The van der Waals surface area contributed by atoms with Crippen LogP contribution < -0.4 is 5.32 Å². The molecule has 1 aromatic heterocycles. The van der Waals surface area contributed by atoms with Crippen molar-refractivity contribution in [2.75, 3.05) is 7.11 Å². The number of methoxy groups -OCH3 is 1. The maximum atomic E-state index is 11.7. The number of hydrogen-bond donors (Lipinski definition) is 1. The van der Waals surface area contributed by atoms with E-state index in [0.29, 0.717) is 6.54 Å². The fourth-order valence-corrected chi connectivity index (χ4v) is 2.55. The SMILES string of the molecule is COC(=O)C(NCc1ccc(Cl)s1)C(C)(C)C. The summed E-state index contributed by atoms with van der Waals surface area (Å²) in [6.45, 7) is 6.63. The summed E-state index contributed by atoms with van der Waals surface area (Å²) >= 11 is 7.37. The van der Waals surface area contributed by atoms with Crippen LogP contribution in [0.1, 0.15) is 25.6 Å². The van der Waals surface area contributed by atoms with Gasteiger partial charge in [0.05, 0.1) is 11.4 Å². The molecular weight excluding hydrogens is 258 g/mol. The molecule has 0 radical (unpaired) electrons. The molecule has 0 spiro atoms. The Kier molecular flexibility index (Phi) is 4.98. The normalized spacial score (nSPS) is 13.5. The highest BCUT2D eigenvalue weighted by molar-refractivity contribution is 7.16. The van der Waals surface area contributed by atoms with E-state index < -0.39 is 0 Å². The quantitative estimate of drug-likeness (QED) is 0.858. The average Bonchev–Trinajstić information content (AvgIpc) is 2.62. The van der Waals surface area contributed by atoms with Gasteiger partial charge in [-0.2, -0.15) is 0 Å². The predicted molar refractivity (Wildman–Crippen MR) is 71.4 cm³/mol. The number of carbonyl (C=O) groups excluding carboxylic acids is 1. The number of carbonyl (C=O) groups is 1. The Bertz CT molecular complexity index is 384. The molecule has 0 aliphatic heterocycles. The van der Waals surface area contributed by atoms with Gasteiger partial charge >= 0.3 is 5.97 Å². The zero-order chi connectivity index (χ0) is 13.1. The highest BCUT2D eigenvalue weighted by Crippen LogP contribution is 2.24. The van der Waals surface area contributed by atoms with Crippen molar-refractivity contribution in [3.8, 4) is 0 Å². The van der Waals surface area contributed by atoms with Gasteiger partial charge in [0.1, 0.15) is 6.04 Å². The van der Waals surface area contributed by atoms with Crippen molar-refractivity contribution in [1.82, 2.24) is 5.32 Å². The van der Waals surface area contributed by atoms with E-state index in [2.05, 4.69) is 5.32 Å². The molecule has 0 saturated carbocycles. The molecule has 1 aromatic rings. The highest BCUT2D eigenvalue weighted by atomic mass is 35.5. The van der Waals surface area contributed by atoms with E-state index in [1.807, 2.05) is 32.9 Å². The standard InChI is InChI=1S/C12H18ClNO2S/c1-12(2,3)10(11(15)16-4)14-7-8-5-6-9(13)17-8/h5-6,10,14H,7H2,1-4H3. The number of nitrogens with one attached hydrogen (secondary N) is 1. The van der Waals surface area contributed by atoms with Crippen molar-refractivity contribution < 1.29 is 9.53 Å². The number of rotatable bonds is 4. The van der Waals surface area contributed by atoms with Crippen LogP contribution in [0.2, 0.25) is 4.34 Å². The molecule has 1 atom stereocenters. The average molecular weight is 276 g/mol. The first-order valence-electron chi connectivity index (χ1n) is 5.40. The van der Waals surface area contributed by atoms with E-state index in [-0.39, 0.29) is 17.4 Å².